The maximum atomic E-state index is 5.91. The summed E-state index contributed by atoms with van der Waals surface area (Å²) in [5, 5.41) is 0. The van der Waals surface area contributed by atoms with Gasteiger partial charge in [0.1, 0.15) is 0 Å². The Labute approximate surface area is 81.6 Å². The van der Waals surface area contributed by atoms with Crippen molar-refractivity contribution in [3.8, 4) is 0 Å². The van der Waals surface area contributed by atoms with Crippen LogP contribution >= 0.6 is 0 Å². The predicted octanol–water partition coefficient (Wildman–Crippen LogP) is 1.41. The number of rotatable bonds is 6. The van der Waals surface area contributed by atoms with E-state index in [2.05, 4.69) is 20.8 Å². The van der Waals surface area contributed by atoms with Gasteiger partial charge in [0.05, 0.1) is 6.61 Å². The molecule has 0 saturated carbocycles. The summed E-state index contributed by atoms with van der Waals surface area (Å²) < 4.78 is 10.3. The summed E-state index contributed by atoms with van der Waals surface area (Å²) in [5.74, 6) is 0. The van der Waals surface area contributed by atoms with E-state index in [9.17, 15) is 0 Å². The molecule has 1 atom stereocenters. The van der Waals surface area contributed by atoms with Gasteiger partial charge in [0.25, 0.3) is 0 Å². The van der Waals surface area contributed by atoms with Crippen molar-refractivity contribution in [1.82, 2.24) is 0 Å². The molecule has 0 rings (SSSR count). The fraction of sp³-hybridized carbons (Fsp3) is 1.00. The van der Waals surface area contributed by atoms with Crippen LogP contribution in [0.3, 0.4) is 0 Å². The van der Waals surface area contributed by atoms with Gasteiger partial charge in [-0.15, -0.1) is 0 Å². The Kier molecular flexibility index (Phi) is 6.29. The Balaban J connectivity index is 3.32. The third-order valence-electron chi connectivity index (χ3n) is 2.05. The van der Waals surface area contributed by atoms with E-state index in [4.69, 9.17) is 15.2 Å². The van der Waals surface area contributed by atoms with E-state index in [1.807, 2.05) is 0 Å². The van der Waals surface area contributed by atoms with Gasteiger partial charge in [-0.25, -0.2) is 0 Å². The van der Waals surface area contributed by atoms with E-state index in [-0.39, 0.29) is 11.5 Å². The average molecular weight is 189 g/mol. The molecule has 13 heavy (non-hydrogen) atoms. The molecule has 0 radical (unpaired) electrons. The smallest absolute Gasteiger partial charge is 0.0622 e. The van der Waals surface area contributed by atoms with Crippen molar-refractivity contribution in [2.24, 2.45) is 11.1 Å². The molecule has 0 aromatic rings. The summed E-state index contributed by atoms with van der Waals surface area (Å²) in [6.07, 6.45) is 0.938. The third-order valence-corrected chi connectivity index (χ3v) is 2.05. The molecule has 0 spiro atoms. The number of ether oxygens (including phenoxy) is 2. The van der Waals surface area contributed by atoms with Gasteiger partial charge >= 0.3 is 0 Å². The zero-order valence-electron chi connectivity index (χ0n) is 9.30. The Morgan fingerprint density at radius 3 is 2.31 bits per heavy atom. The number of hydrogen-bond donors (Lipinski definition) is 1. The zero-order valence-corrected chi connectivity index (χ0v) is 9.30. The van der Waals surface area contributed by atoms with Gasteiger partial charge in [0, 0.05) is 26.4 Å². The van der Waals surface area contributed by atoms with Gasteiger partial charge in [-0.2, -0.15) is 0 Å². The maximum Gasteiger partial charge on any atom is 0.0622 e. The van der Waals surface area contributed by atoms with Crippen molar-refractivity contribution >= 4 is 0 Å². The highest BCUT2D eigenvalue weighted by Crippen LogP contribution is 2.17. The van der Waals surface area contributed by atoms with Gasteiger partial charge in [-0.3, -0.25) is 0 Å². The summed E-state index contributed by atoms with van der Waals surface area (Å²) in [6.45, 7) is 8.48. The second kappa shape index (κ2) is 6.35. The molecule has 0 saturated heterocycles. The molecule has 0 aromatic carbocycles. The van der Waals surface area contributed by atoms with E-state index in [0.717, 1.165) is 19.6 Å². The van der Waals surface area contributed by atoms with Crippen molar-refractivity contribution in [3.63, 3.8) is 0 Å². The molecule has 0 heterocycles. The predicted molar refractivity (Wildman–Crippen MR) is 54.7 cm³/mol. The van der Waals surface area contributed by atoms with E-state index in [1.54, 1.807) is 7.11 Å². The second-order valence-electron chi connectivity index (χ2n) is 4.39. The minimum Gasteiger partial charge on any atom is -0.385 e. The first-order valence-electron chi connectivity index (χ1n) is 4.80. The fourth-order valence-corrected chi connectivity index (χ4v) is 0.766. The van der Waals surface area contributed by atoms with Gasteiger partial charge in [-0.1, -0.05) is 20.8 Å². The quantitative estimate of drug-likeness (QED) is 0.643. The first kappa shape index (κ1) is 12.9. The Morgan fingerprint density at radius 1 is 1.23 bits per heavy atom. The lowest BCUT2D eigenvalue weighted by molar-refractivity contribution is 0.0728. The van der Waals surface area contributed by atoms with Gasteiger partial charge < -0.3 is 15.2 Å². The topological polar surface area (TPSA) is 44.5 Å². The third kappa shape index (κ3) is 6.99. The number of hydrogen-bond acceptors (Lipinski definition) is 3. The van der Waals surface area contributed by atoms with Crippen molar-refractivity contribution in [3.05, 3.63) is 0 Å². The molecule has 1 unspecified atom stereocenters. The standard InChI is InChI=1S/C10H23NO2/c1-10(2,3)9(11)8-13-7-5-6-12-4/h9H,5-8,11H2,1-4H3. The molecule has 0 amide bonds. The molecule has 0 bridgehead atoms. The molecule has 3 nitrogen and oxygen atoms in total. The van der Waals surface area contributed by atoms with Crippen molar-refractivity contribution in [1.29, 1.82) is 0 Å². The lowest BCUT2D eigenvalue weighted by Gasteiger charge is -2.26. The molecule has 0 aromatic heterocycles. The van der Waals surface area contributed by atoms with Crippen LogP contribution in [-0.2, 0) is 9.47 Å². The summed E-state index contributed by atoms with van der Waals surface area (Å²) in [6, 6.07) is 0.107. The van der Waals surface area contributed by atoms with Gasteiger partial charge in [-0.05, 0) is 11.8 Å². The molecule has 80 valence electrons. The van der Waals surface area contributed by atoms with Crippen LogP contribution < -0.4 is 5.73 Å². The van der Waals surface area contributed by atoms with Crippen LogP contribution in [0, 0.1) is 5.41 Å². The molecular weight excluding hydrogens is 166 g/mol. The van der Waals surface area contributed by atoms with E-state index < -0.39 is 0 Å². The minimum atomic E-state index is 0.107. The molecule has 0 aliphatic rings. The Bertz CT molecular complexity index is 121. The summed E-state index contributed by atoms with van der Waals surface area (Å²) in [7, 11) is 1.70. The normalized spacial score (nSPS) is 14.5. The highest BCUT2D eigenvalue weighted by Gasteiger charge is 2.20. The molecule has 2 N–H and O–H groups in total. The van der Waals surface area contributed by atoms with E-state index in [1.165, 1.54) is 0 Å². The lowest BCUT2D eigenvalue weighted by Crippen LogP contribution is -2.39. The van der Waals surface area contributed by atoms with Gasteiger partial charge in [0.15, 0.2) is 0 Å². The lowest BCUT2D eigenvalue weighted by atomic mass is 9.88. The fourth-order valence-electron chi connectivity index (χ4n) is 0.766. The summed E-state index contributed by atoms with van der Waals surface area (Å²) >= 11 is 0. The summed E-state index contributed by atoms with van der Waals surface area (Å²) in [5.41, 5.74) is 6.04. The highest BCUT2D eigenvalue weighted by molar-refractivity contribution is 4.76. The Morgan fingerprint density at radius 2 is 1.85 bits per heavy atom. The van der Waals surface area contributed by atoms with E-state index in [0.29, 0.717) is 6.61 Å². The first-order valence-corrected chi connectivity index (χ1v) is 4.80. The minimum absolute atomic E-state index is 0.107. The van der Waals surface area contributed by atoms with Crippen LogP contribution in [0.4, 0.5) is 0 Å². The van der Waals surface area contributed by atoms with Crippen LogP contribution in [0.25, 0.3) is 0 Å². The van der Waals surface area contributed by atoms with E-state index >= 15 is 0 Å². The first-order chi connectivity index (χ1) is 5.98. The number of nitrogens with two attached hydrogens (primary N) is 1. The number of methoxy groups -OCH3 is 1. The second-order valence-corrected chi connectivity index (χ2v) is 4.39. The average Bonchev–Trinajstić information content (AvgIpc) is 2.02. The van der Waals surface area contributed by atoms with Crippen LogP contribution in [-0.4, -0.2) is 33.0 Å². The molecule has 0 aliphatic carbocycles. The largest absolute Gasteiger partial charge is 0.385 e. The van der Waals surface area contributed by atoms with Crippen molar-refractivity contribution < 1.29 is 9.47 Å². The van der Waals surface area contributed by atoms with Crippen LogP contribution in [0.1, 0.15) is 27.2 Å². The SMILES string of the molecule is COCCCOCC(N)C(C)(C)C. The molecular formula is C10H23NO2. The maximum absolute atomic E-state index is 5.91. The van der Waals surface area contributed by atoms with Crippen molar-refractivity contribution in [2.75, 3.05) is 26.9 Å². The van der Waals surface area contributed by atoms with Crippen LogP contribution in [0.5, 0.6) is 0 Å². The molecule has 0 aliphatic heterocycles. The molecule has 0 fully saturated rings. The molecule has 3 heteroatoms. The van der Waals surface area contributed by atoms with Gasteiger partial charge in [0.2, 0.25) is 0 Å². The summed E-state index contributed by atoms with van der Waals surface area (Å²) in [4.78, 5) is 0. The monoisotopic (exact) mass is 189 g/mol. The van der Waals surface area contributed by atoms with Crippen LogP contribution in [0.2, 0.25) is 0 Å². The Hall–Kier alpha value is -0.120. The van der Waals surface area contributed by atoms with Crippen molar-refractivity contribution in [2.45, 2.75) is 33.2 Å². The highest BCUT2D eigenvalue weighted by atomic mass is 16.5. The zero-order chi connectivity index (χ0) is 10.3. The van der Waals surface area contributed by atoms with Crippen LogP contribution in [0.15, 0.2) is 0 Å².